The van der Waals surface area contributed by atoms with Gasteiger partial charge in [0.05, 0.1) is 11.3 Å². The first-order valence-corrected chi connectivity index (χ1v) is 6.52. The Morgan fingerprint density at radius 2 is 2.00 bits per heavy atom. The van der Waals surface area contributed by atoms with Crippen LogP contribution in [0.25, 0.3) is 0 Å². The second-order valence-electron chi connectivity index (χ2n) is 3.35. The maximum Gasteiger partial charge on any atom is 0.337 e. The molecule has 0 heterocycles. The van der Waals surface area contributed by atoms with Crippen molar-refractivity contribution in [3.8, 4) is 0 Å². The lowest BCUT2D eigenvalue weighted by atomic mass is 10.2. The van der Waals surface area contributed by atoms with Gasteiger partial charge >= 0.3 is 5.97 Å². The van der Waals surface area contributed by atoms with Crippen molar-refractivity contribution in [2.75, 3.05) is 10.3 Å². The van der Waals surface area contributed by atoms with Crippen molar-refractivity contribution >= 4 is 21.7 Å². The van der Waals surface area contributed by atoms with Crippen LogP contribution in [0.4, 0.5) is 10.2 Å². The highest BCUT2D eigenvalue weighted by Gasteiger charge is 2.25. The lowest BCUT2D eigenvalue weighted by Gasteiger charge is -2.15. The number of halogens is 1. The summed E-state index contributed by atoms with van der Waals surface area (Å²) in [5.74, 6) is -1.76. The number of para-hydroxylation sites is 1. The first-order valence-electron chi connectivity index (χ1n) is 4.91. The molecule has 1 rings (SSSR count). The van der Waals surface area contributed by atoms with E-state index in [0.29, 0.717) is 0 Å². The van der Waals surface area contributed by atoms with Gasteiger partial charge in [-0.25, -0.2) is 13.2 Å². The lowest BCUT2D eigenvalue weighted by Crippen LogP contribution is -2.26. The Morgan fingerprint density at radius 1 is 1.41 bits per heavy atom. The summed E-state index contributed by atoms with van der Waals surface area (Å²) < 4.78 is 36.2. The number of anilines is 1. The van der Waals surface area contributed by atoms with E-state index in [2.05, 4.69) is 0 Å². The van der Waals surface area contributed by atoms with E-state index < -0.39 is 31.8 Å². The van der Waals surface area contributed by atoms with Gasteiger partial charge in [0.25, 0.3) is 10.0 Å². The number of rotatable bonds is 5. The molecule has 5 nitrogen and oxygen atoms in total. The van der Waals surface area contributed by atoms with Gasteiger partial charge in [-0.05, 0) is 18.6 Å². The van der Waals surface area contributed by atoms with Crippen molar-refractivity contribution in [1.29, 1.82) is 0 Å². The van der Waals surface area contributed by atoms with Gasteiger partial charge in [-0.1, -0.05) is 23.5 Å². The zero-order chi connectivity index (χ0) is 13.1. The van der Waals surface area contributed by atoms with E-state index in [1.807, 2.05) is 0 Å². The van der Waals surface area contributed by atoms with E-state index >= 15 is 0 Å². The average molecular weight is 261 g/mol. The minimum atomic E-state index is -4.12. The Kier molecular flexibility index (Phi) is 4.06. The van der Waals surface area contributed by atoms with Gasteiger partial charge < -0.3 is 5.11 Å². The molecule has 94 valence electrons. The first-order chi connectivity index (χ1) is 7.90. The van der Waals surface area contributed by atoms with E-state index in [1.54, 1.807) is 6.92 Å². The molecule has 0 radical (unpaired) electrons. The van der Waals surface area contributed by atoms with Crippen LogP contribution in [0.5, 0.6) is 0 Å². The van der Waals surface area contributed by atoms with Crippen LogP contribution < -0.4 is 4.53 Å². The number of aromatic carboxylic acids is 1. The SMILES string of the molecule is CCCS(=O)(=O)N(F)c1ccccc1C(=O)O. The second kappa shape index (κ2) is 5.13. The highest BCUT2D eigenvalue weighted by molar-refractivity contribution is 7.92. The van der Waals surface area contributed by atoms with Crippen LogP contribution >= 0.6 is 0 Å². The fourth-order valence-corrected chi connectivity index (χ4v) is 2.43. The largest absolute Gasteiger partial charge is 0.478 e. The molecule has 1 aromatic rings. The fourth-order valence-electron chi connectivity index (χ4n) is 1.30. The minimum Gasteiger partial charge on any atom is -0.478 e. The van der Waals surface area contributed by atoms with Crippen molar-refractivity contribution in [3.63, 3.8) is 0 Å². The van der Waals surface area contributed by atoms with E-state index in [1.165, 1.54) is 12.1 Å². The molecule has 0 fully saturated rings. The topological polar surface area (TPSA) is 74.7 Å². The molecule has 17 heavy (non-hydrogen) atoms. The molecule has 0 aliphatic carbocycles. The summed E-state index contributed by atoms with van der Waals surface area (Å²) in [5.41, 5.74) is -0.872. The molecular weight excluding hydrogens is 249 g/mol. The molecule has 7 heteroatoms. The maximum absolute atomic E-state index is 13.7. The number of hydrogen-bond donors (Lipinski definition) is 1. The molecule has 0 bridgehead atoms. The van der Waals surface area contributed by atoms with Crippen LogP contribution in [-0.2, 0) is 10.0 Å². The molecule has 0 unspecified atom stereocenters. The molecule has 0 saturated heterocycles. The van der Waals surface area contributed by atoms with Crippen LogP contribution in [0.3, 0.4) is 0 Å². The van der Waals surface area contributed by atoms with Gasteiger partial charge in [0.15, 0.2) is 0 Å². The Hall–Kier alpha value is -1.63. The molecule has 1 N–H and O–H groups in total. The van der Waals surface area contributed by atoms with Crippen LogP contribution in [0.15, 0.2) is 24.3 Å². The molecule has 0 aliphatic rings. The zero-order valence-corrected chi connectivity index (χ0v) is 9.95. The Bertz CT molecular complexity index is 515. The van der Waals surface area contributed by atoms with Gasteiger partial charge in [-0.15, -0.1) is 4.53 Å². The monoisotopic (exact) mass is 261 g/mol. The smallest absolute Gasteiger partial charge is 0.337 e. The van der Waals surface area contributed by atoms with Crippen LogP contribution in [0, 0.1) is 0 Å². The van der Waals surface area contributed by atoms with Crippen LogP contribution in [0.1, 0.15) is 23.7 Å². The van der Waals surface area contributed by atoms with Crippen LogP contribution in [0.2, 0.25) is 0 Å². The normalized spacial score (nSPS) is 11.2. The van der Waals surface area contributed by atoms with Crippen LogP contribution in [-0.4, -0.2) is 25.2 Å². The number of carbonyl (C=O) groups is 1. The lowest BCUT2D eigenvalue weighted by molar-refractivity contribution is 0.0697. The number of hydrogen-bond acceptors (Lipinski definition) is 3. The standard InChI is InChI=1S/C10H12FNO4S/c1-2-7-17(15,16)12(11)9-6-4-3-5-8(9)10(13)14/h3-6H,2,7H2,1H3,(H,13,14). The van der Waals surface area contributed by atoms with Gasteiger partial charge in [-0.3, -0.25) is 0 Å². The van der Waals surface area contributed by atoms with Crippen molar-refractivity contribution in [2.24, 2.45) is 0 Å². The van der Waals surface area contributed by atoms with Gasteiger partial charge in [0.2, 0.25) is 0 Å². The summed E-state index contributed by atoms with van der Waals surface area (Å²) in [5, 5.41) is 8.82. The third-order valence-corrected chi connectivity index (χ3v) is 3.64. The predicted octanol–water partition coefficient (Wildman–Crippen LogP) is 1.82. The highest BCUT2D eigenvalue weighted by Crippen LogP contribution is 2.24. The fraction of sp³-hybridized carbons (Fsp3) is 0.300. The molecule has 1 aromatic carbocycles. The number of carboxylic acids is 1. The summed E-state index contributed by atoms with van der Waals surface area (Å²) in [6, 6.07) is 5.02. The highest BCUT2D eigenvalue weighted by atomic mass is 32.2. The minimum absolute atomic E-state index is 0.248. The third-order valence-electron chi connectivity index (χ3n) is 2.03. The van der Waals surface area contributed by atoms with E-state index in [9.17, 15) is 17.7 Å². The predicted molar refractivity (Wildman–Crippen MR) is 61.1 cm³/mol. The first kappa shape index (κ1) is 13.4. The second-order valence-corrected chi connectivity index (χ2v) is 5.25. The van der Waals surface area contributed by atoms with Gasteiger partial charge in [0, 0.05) is 0 Å². The Morgan fingerprint density at radius 3 is 2.53 bits per heavy atom. The molecule has 0 aliphatic heterocycles. The number of carboxylic acid groups (broad SMARTS) is 1. The number of sulfonamides is 1. The molecule has 0 aromatic heterocycles. The zero-order valence-electron chi connectivity index (χ0n) is 9.13. The van der Waals surface area contributed by atoms with E-state index in [-0.39, 0.29) is 12.2 Å². The van der Waals surface area contributed by atoms with E-state index in [0.717, 1.165) is 12.1 Å². The third kappa shape index (κ3) is 2.94. The van der Waals surface area contributed by atoms with E-state index in [4.69, 9.17) is 5.11 Å². The maximum atomic E-state index is 13.7. The summed E-state index contributed by atoms with van der Waals surface area (Å²) in [7, 11) is -4.12. The summed E-state index contributed by atoms with van der Waals surface area (Å²) in [6.07, 6.45) is 0.248. The molecule has 0 amide bonds. The van der Waals surface area contributed by atoms with Gasteiger partial charge in [-0.2, -0.15) is 0 Å². The number of nitrogens with zero attached hydrogens (tertiary/aromatic N) is 1. The Balaban J connectivity index is 3.21. The van der Waals surface area contributed by atoms with Crippen molar-refractivity contribution in [2.45, 2.75) is 13.3 Å². The molecule has 0 atom stereocenters. The Labute approximate surface area is 98.5 Å². The summed E-state index contributed by atoms with van der Waals surface area (Å²) in [4.78, 5) is 10.8. The summed E-state index contributed by atoms with van der Waals surface area (Å²) >= 11 is 0. The molecular formula is C10H12FNO4S. The average Bonchev–Trinajstić information content (AvgIpc) is 2.28. The quantitative estimate of drug-likeness (QED) is 0.820. The van der Waals surface area contributed by atoms with Crippen molar-refractivity contribution < 1.29 is 22.8 Å². The molecule has 0 spiro atoms. The molecule has 0 saturated carbocycles. The summed E-state index contributed by atoms with van der Waals surface area (Å²) in [6.45, 7) is 1.59. The number of benzene rings is 1. The van der Waals surface area contributed by atoms with Crippen molar-refractivity contribution in [3.05, 3.63) is 29.8 Å². The van der Waals surface area contributed by atoms with Crippen molar-refractivity contribution in [1.82, 2.24) is 0 Å². The van der Waals surface area contributed by atoms with Gasteiger partial charge in [0.1, 0.15) is 5.69 Å².